The molecule has 2 N–H and O–H groups in total. The molecular formula is C22H21N5O2S. The number of hydrogen-bond donors (Lipinski definition) is 2. The van der Waals surface area contributed by atoms with Crippen LogP contribution in [0.25, 0.3) is 0 Å². The average molecular weight is 420 g/mol. The van der Waals surface area contributed by atoms with E-state index in [1.54, 1.807) is 36.3 Å². The summed E-state index contributed by atoms with van der Waals surface area (Å²) in [5.74, 6) is 0.359. The number of carbonyl (C=O) groups excluding carboxylic acids is 1. The zero-order chi connectivity index (χ0) is 20.5. The summed E-state index contributed by atoms with van der Waals surface area (Å²) < 4.78 is 0. The summed E-state index contributed by atoms with van der Waals surface area (Å²) in [5.41, 5.74) is 5.36. The summed E-state index contributed by atoms with van der Waals surface area (Å²) in [5, 5.41) is 21.0. The SMILES string of the molecule is O=C(C1=CCC(C2C=NNC2)S1)N1N=C(c2cccnc2)CC1c1ccccc1O. The van der Waals surface area contributed by atoms with E-state index in [2.05, 4.69) is 20.6 Å². The Balaban J connectivity index is 1.43. The summed E-state index contributed by atoms with van der Waals surface area (Å²) in [7, 11) is 0. The second-order valence-corrected chi connectivity index (χ2v) is 8.76. The molecule has 3 aliphatic heterocycles. The summed E-state index contributed by atoms with van der Waals surface area (Å²) >= 11 is 1.60. The van der Waals surface area contributed by atoms with Crippen LogP contribution in [0.2, 0.25) is 0 Å². The molecule has 3 aliphatic rings. The maximum absolute atomic E-state index is 13.5. The van der Waals surface area contributed by atoms with Gasteiger partial charge in [-0.1, -0.05) is 30.3 Å². The highest BCUT2D eigenvalue weighted by Gasteiger charge is 2.38. The van der Waals surface area contributed by atoms with Gasteiger partial charge in [0.25, 0.3) is 5.91 Å². The lowest BCUT2D eigenvalue weighted by Crippen LogP contribution is -2.28. The van der Waals surface area contributed by atoms with E-state index in [9.17, 15) is 9.90 Å². The Bertz CT molecular complexity index is 1050. The Hall–Kier alpha value is -3.13. The molecule has 0 spiro atoms. The van der Waals surface area contributed by atoms with Crippen molar-refractivity contribution in [1.82, 2.24) is 15.4 Å². The number of aromatic hydroxyl groups is 1. The third-order valence-corrected chi connectivity index (χ3v) is 7.04. The van der Waals surface area contributed by atoms with E-state index in [1.807, 2.05) is 36.6 Å². The van der Waals surface area contributed by atoms with Crippen molar-refractivity contribution in [2.75, 3.05) is 6.54 Å². The van der Waals surface area contributed by atoms with Crippen molar-refractivity contribution in [3.63, 3.8) is 0 Å². The molecular weight excluding hydrogens is 398 g/mol. The van der Waals surface area contributed by atoms with E-state index in [1.165, 1.54) is 5.01 Å². The van der Waals surface area contributed by atoms with Crippen LogP contribution in [0.3, 0.4) is 0 Å². The smallest absolute Gasteiger partial charge is 0.280 e. The molecule has 0 fully saturated rings. The first-order valence-electron chi connectivity index (χ1n) is 9.93. The minimum Gasteiger partial charge on any atom is -0.508 e. The number of para-hydroxylation sites is 1. The minimum atomic E-state index is -0.357. The number of benzene rings is 1. The van der Waals surface area contributed by atoms with Crippen molar-refractivity contribution < 1.29 is 9.90 Å². The number of rotatable bonds is 4. The fraction of sp³-hybridized carbons (Fsp3) is 0.273. The van der Waals surface area contributed by atoms with E-state index in [0.717, 1.165) is 24.2 Å². The van der Waals surface area contributed by atoms with Crippen LogP contribution in [-0.4, -0.2) is 44.7 Å². The number of carbonyl (C=O) groups is 1. The Morgan fingerprint density at radius 2 is 2.13 bits per heavy atom. The highest BCUT2D eigenvalue weighted by Crippen LogP contribution is 2.42. The lowest BCUT2D eigenvalue weighted by Gasteiger charge is -2.23. The fourth-order valence-electron chi connectivity index (χ4n) is 4.00. The predicted molar refractivity (Wildman–Crippen MR) is 117 cm³/mol. The molecule has 30 heavy (non-hydrogen) atoms. The lowest BCUT2D eigenvalue weighted by molar-refractivity contribution is -0.128. The fourth-order valence-corrected chi connectivity index (χ4v) is 5.25. The molecule has 4 heterocycles. The third-order valence-electron chi connectivity index (χ3n) is 5.60. The molecule has 7 nitrogen and oxygen atoms in total. The van der Waals surface area contributed by atoms with Gasteiger partial charge in [-0.3, -0.25) is 9.78 Å². The molecule has 1 amide bonds. The zero-order valence-corrected chi connectivity index (χ0v) is 17.0. The number of pyridine rings is 1. The van der Waals surface area contributed by atoms with Gasteiger partial charge >= 0.3 is 0 Å². The van der Waals surface area contributed by atoms with Crippen LogP contribution < -0.4 is 5.43 Å². The monoisotopic (exact) mass is 419 g/mol. The van der Waals surface area contributed by atoms with E-state index < -0.39 is 0 Å². The lowest BCUT2D eigenvalue weighted by atomic mass is 9.98. The normalized spacial score (nSPS) is 25.2. The molecule has 0 saturated carbocycles. The Kier molecular flexibility index (Phi) is 5.00. The van der Waals surface area contributed by atoms with Crippen molar-refractivity contribution in [3.05, 3.63) is 70.9 Å². The van der Waals surface area contributed by atoms with Gasteiger partial charge in [-0.25, -0.2) is 5.01 Å². The number of nitrogens with zero attached hydrogens (tertiary/aromatic N) is 4. The van der Waals surface area contributed by atoms with E-state index >= 15 is 0 Å². The average Bonchev–Trinajstić information content (AvgIpc) is 3.54. The number of thioether (sulfide) groups is 1. The zero-order valence-electron chi connectivity index (χ0n) is 16.2. The first kappa shape index (κ1) is 18.9. The molecule has 3 unspecified atom stereocenters. The van der Waals surface area contributed by atoms with Crippen molar-refractivity contribution in [2.24, 2.45) is 16.1 Å². The summed E-state index contributed by atoms with van der Waals surface area (Å²) in [6.07, 6.45) is 8.75. The molecule has 8 heteroatoms. The van der Waals surface area contributed by atoms with Crippen molar-refractivity contribution in [1.29, 1.82) is 0 Å². The second-order valence-electron chi connectivity index (χ2n) is 7.48. The number of aromatic nitrogens is 1. The van der Waals surface area contributed by atoms with E-state index in [-0.39, 0.29) is 17.7 Å². The van der Waals surface area contributed by atoms with Crippen LogP contribution >= 0.6 is 11.8 Å². The Labute approximate surface area is 178 Å². The Morgan fingerprint density at radius 3 is 2.90 bits per heavy atom. The maximum atomic E-state index is 13.5. The van der Waals surface area contributed by atoms with E-state index in [0.29, 0.717) is 28.1 Å². The number of hydrogen-bond acceptors (Lipinski definition) is 7. The van der Waals surface area contributed by atoms with Crippen molar-refractivity contribution in [2.45, 2.75) is 24.1 Å². The third kappa shape index (κ3) is 3.47. The van der Waals surface area contributed by atoms with Gasteiger partial charge in [0.05, 0.1) is 16.7 Å². The minimum absolute atomic E-state index is 0.127. The molecule has 0 saturated heterocycles. The summed E-state index contributed by atoms with van der Waals surface area (Å²) in [6.45, 7) is 0.806. The van der Waals surface area contributed by atoms with Gasteiger partial charge in [0.15, 0.2) is 0 Å². The molecule has 0 bridgehead atoms. The van der Waals surface area contributed by atoms with Gasteiger partial charge < -0.3 is 10.5 Å². The standard InChI is InChI=1S/C22H21N5O2S/c28-19-6-2-1-5-16(19)18-10-17(14-4-3-9-23-11-14)26-27(18)22(29)21-8-7-20(30-21)15-12-24-25-13-15/h1-6,8-9,11-12,15,18,20,25,28H,7,10,13H2. The van der Waals surface area contributed by atoms with Crippen LogP contribution in [0, 0.1) is 5.92 Å². The summed E-state index contributed by atoms with van der Waals surface area (Å²) in [6, 6.07) is 10.6. The number of hydrazone groups is 2. The highest BCUT2D eigenvalue weighted by atomic mass is 32.2. The molecule has 3 atom stereocenters. The van der Waals surface area contributed by atoms with Crippen LogP contribution in [0.1, 0.15) is 30.0 Å². The first-order chi connectivity index (χ1) is 14.7. The number of phenols is 1. The van der Waals surface area contributed by atoms with Gasteiger partial charge in [0.1, 0.15) is 5.75 Å². The quantitative estimate of drug-likeness (QED) is 0.795. The van der Waals surface area contributed by atoms with Gasteiger partial charge in [0, 0.05) is 53.9 Å². The van der Waals surface area contributed by atoms with Crippen LogP contribution in [-0.2, 0) is 4.79 Å². The van der Waals surface area contributed by atoms with Crippen LogP contribution in [0.15, 0.2) is 70.0 Å². The molecule has 5 rings (SSSR count). The molecule has 0 aliphatic carbocycles. The second kappa shape index (κ2) is 7.95. The van der Waals surface area contributed by atoms with Gasteiger partial charge in [0.2, 0.25) is 0 Å². The van der Waals surface area contributed by atoms with Gasteiger partial charge in [-0.2, -0.15) is 10.2 Å². The van der Waals surface area contributed by atoms with E-state index in [4.69, 9.17) is 0 Å². The first-order valence-corrected chi connectivity index (χ1v) is 10.8. The van der Waals surface area contributed by atoms with Crippen LogP contribution in [0.4, 0.5) is 0 Å². The molecule has 2 aromatic rings. The predicted octanol–water partition coefficient (Wildman–Crippen LogP) is 3.06. The van der Waals surface area contributed by atoms with Crippen molar-refractivity contribution >= 4 is 29.6 Å². The largest absolute Gasteiger partial charge is 0.508 e. The molecule has 1 aromatic carbocycles. The number of phenolic OH excluding ortho intramolecular Hbond substituents is 1. The highest BCUT2D eigenvalue weighted by molar-refractivity contribution is 8.04. The summed E-state index contributed by atoms with van der Waals surface area (Å²) in [4.78, 5) is 18.3. The molecule has 1 aromatic heterocycles. The van der Waals surface area contributed by atoms with Gasteiger partial charge in [-0.05, 0) is 18.6 Å². The number of amides is 1. The molecule has 0 radical (unpaired) electrons. The Morgan fingerprint density at radius 1 is 1.23 bits per heavy atom. The number of allylic oxidation sites excluding steroid dienone is 1. The topological polar surface area (TPSA) is 90.2 Å². The van der Waals surface area contributed by atoms with Crippen molar-refractivity contribution in [3.8, 4) is 5.75 Å². The maximum Gasteiger partial charge on any atom is 0.280 e. The molecule has 152 valence electrons. The number of nitrogens with one attached hydrogen (secondary N) is 1. The van der Waals surface area contributed by atoms with Crippen LogP contribution in [0.5, 0.6) is 5.75 Å². The van der Waals surface area contributed by atoms with Gasteiger partial charge in [-0.15, -0.1) is 11.8 Å².